The van der Waals surface area contributed by atoms with E-state index in [1.807, 2.05) is 41.2 Å². The number of aromatic nitrogens is 6. The molecule has 1 amide bonds. The Morgan fingerprint density at radius 1 is 1.03 bits per heavy atom. The highest BCUT2D eigenvalue weighted by atomic mass is 16.1. The summed E-state index contributed by atoms with van der Waals surface area (Å²) in [4.78, 5) is 38.3. The van der Waals surface area contributed by atoms with Gasteiger partial charge in [0.25, 0.3) is 5.91 Å². The number of carbonyl (C=O) groups excluding carboxylic acids is 1. The van der Waals surface area contributed by atoms with Crippen molar-refractivity contribution in [2.24, 2.45) is 0 Å². The third-order valence-corrected chi connectivity index (χ3v) is 6.18. The number of hydrogen-bond donors (Lipinski definition) is 2. The molecule has 170 valence electrons. The molecule has 0 radical (unpaired) electrons. The maximum atomic E-state index is 13.0. The van der Waals surface area contributed by atoms with Gasteiger partial charge < -0.3 is 20.1 Å². The summed E-state index contributed by atoms with van der Waals surface area (Å²) >= 11 is 0. The lowest BCUT2D eigenvalue weighted by atomic mass is 10.1. The number of carbonyl (C=O) groups is 1. The molecule has 5 aromatic heterocycles. The number of imidazole rings is 1. The third-order valence-electron chi connectivity index (χ3n) is 6.18. The van der Waals surface area contributed by atoms with Crippen LogP contribution in [0.5, 0.6) is 0 Å². The van der Waals surface area contributed by atoms with Gasteiger partial charge in [0.1, 0.15) is 11.5 Å². The Bertz CT molecular complexity index is 1480. The highest BCUT2D eigenvalue weighted by Crippen LogP contribution is 2.28. The first kappa shape index (κ1) is 20.3. The Morgan fingerprint density at radius 2 is 1.91 bits per heavy atom. The van der Waals surface area contributed by atoms with Crippen molar-refractivity contribution in [3.05, 3.63) is 67.1 Å². The first-order valence-electron chi connectivity index (χ1n) is 11.1. The Balaban J connectivity index is 1.22. The molecule has 10 heteroatoms. The maximum Gasteiger partial charge on any atom is 0.257 e. The molecule has 2 N–H and O–H groups in total. The van der Waals surface area contributed by atoms with Crippen LogP contribution in [0.1, 0.15) is 10.4 Å². The van der Waals surface area contributed by atoms with Crippen LogP contribution < -0.4 is 10.2 Å². The van der Waals surface area contributed by atoms with Crippen molar-refractivity contribution < 1.29 is 4.79 Å². The van der Waals surface area contributed by atoms with Crippen molar-refractivity contribution in [2.45, 2.75) is 0 Å². The summed E-state index contributed by atoms with van der Waals surface area (Å²) in [7, 11) is 2.13. The lowest BCUT2D eigenvalue weighted by molar-refractivity contribution is 0.102. The fourth-order valence-corrected chi connectivity index (χ4v) is 4.21. The van der Waals surface area contributed by atoms with Crippen molar-refractivity contribution >= 4 is 34.2 Å². The molecule has 0 aliphatic carbocycles. The van der Waals surface area contributed by atoms with Crippen LogP contribution in [0.2, 0.25) is 0 Å². The average molecular weight is 454 g/mol. The molecule has 5 aromatic rings. The Kier molecular flexibility index (Phi) is 4.92. The number of hydrogen-bond acceptors (Lipinski definition) is 7. The molecular formula is C24H23N9O. The van der Waals surface area contributed by atoms with Gasteiger partial charge in [-0.3, -0.25) is 9.20 Å². The van der Waals surface area contributed by atoms with Crippen molar-refractivity contribution in [2.75, 3.05) is 43.4 Å². The molecule has 34 heavy (non-hydrogen) atoms. The van der Waals surface area contributed by atoms with Crippen molar-refractivity contribution in [3.63, 3.8) is 0 Å². The van der Waals surface area contributed by atoms with E-state index in [0.717, 1.165) is 48.5 Å². The van der Waals surface area contributed by atoms with E-state index in [0.29, 0.717) is 22.7 Å². The van der Waals surface area contributed by atoms with Gasteiger partial charge in [0.2, 0.25) is 5.78 Å². The molecule has 6 heterocycles. The largest absolute Gasteiger partial charge is 0.354 e. The number of likely N-dealkylation sites (N-methyl/N-ethyl adjacent to an activating group) is 1. The van der Waals surface area contributed by atoms with Gasteiger partial charge in [-0.05, 0) is 25.2 Å². The van der Waals surface area contributed by atoms with Gasteiger partial charge >= 0.3 is 0 Å². The molecule has 0 atom stereocenters. The molecule has 0 bridgehead atoms. The summed E-state index contributed by atoms with van der Waals surface area (Å²) in [5.74, 6) is 1.32. The normalized spacial score (nSPS) is 14.7. The van der Waals surface area contributed by atoms with E-state index in [2.05, 4.69) is 47.1 Å². The quantitative estimate of drug-likeness (QED) is 0.431. The number of nitrogens with one attached hydrogen (secondary N) is 2. The Labute approximate surface area is 195 Å². The minimum Gasteiger partial charge on any atom is -0.354 e. The molecule has 1 aliphatic rings. The highest BCUT2D eigenvalue weighted by Gasteiger charge is 2.16. The van der Waals surface area contributed by atoms with Crippen LogP contribution in [0.25, 0.3) is 27.9 Å². The molecule has 1 saturated heterocycles. The summed E-state index contributed by atoms with van der Waals surface area (Å²) in [6.07, 6.45) is 12.4. The average Bonchev–Trinajstić information content (AvgIpc) is 3.51. The van der Waals surface area contributed by atoms with Crippen LogP contribution >= 0.6 is 0 Å². The van der Waals surface area contributed by atoms with Gasteiger partial charge in [-0.2, -0.15) is 0 Å². The number of fused-ring (bicyclic) bond motifs is 2. The minimum absolute atomic E-state index is 0.237. The standard InChI is InChI=1S/C24H23N9O/c1-31-6-8-32(9-7-31)21-3-2-18(13-26-21)30-23(34)16-10-19-20(14-28-22(19)27-11-16)17-12-29-24-25-4-5-33(24)15-17/h2-5,10-15H,6-9H2,1H3,(H,27,28)(H,30,34). The first-order chi connectivity index (χ1) is 16.6. The van der Waals surface area contributed by atoms with E-state index in [-0.39, 0.29) is 5.91 Å². The molecule has 0 aromatic carbocycles. The highest BCUT2D eigenvalue weighted by molar-refractivity contribution is 6.07. The van der Waals surface area contributed by atoms with Gasteiger partial charge in [-0.15, -0.1) is 0 Å². The van der Waals surface area contributed by atoms with Crippen molar-refractivity contribution in [3.8, 4) is 11.1 Å². The SMILES string of the molecule is CN1CCN(c2ccc(NC(=O)c3cnc4[nH]cc(-c5cnc6nccn6c5)c4c3)cn2)CC1. The number of pyridine rings is 2. The number of aromatic amines is 1. The first-order valence-corrected chi connectivity index (χ1v) is 11.1. The second kappa shape index (κ2) is 8.23. The number of anilines is 2. The minimum atomic E-state index is -0.237. The van der Waals surface area contributed by atoms with Crippen molar-refractivity contribution in [1.82, 2.24) is 34.2 Å². The second-order valence-electron chi connectivity index (χ2n) is 8.45. The molecule has 1 aliphatic heterocycles. The molecule has 0 unspecified atom stereocenters. The fourth-order valence-electron chi connectivity index (χ4n) is 4.21. The second-order valence-corrected chi connectivity index (χ2v) is 8.45. The lowest BCUT2D eigenvalue weighted by Gasteiger charge is -2.33. The van der Waals surface area contributed by atoms with Crippen molar-refractivity contribution in [1.29, 1.82) is 0 Å². The molecule has 6 rings (SSSR count). The van der Waals surface area contributed by atoms with Crippen LogP contribution in [0.3, 0.4) is 0 Å². The zero-order chi connectivity index (χ0) is 23.1. The van der Waals surface area contributed by atoms with Crippen LogP contribution in [-0.2, 0) is 0 Å². The van der Waals surface area contributed by atoms with Gasteiger partial charge in [0, 0.05) is 79.9 Å². The van der Waals surface area contributed by atoms with Crippen LogP contribution in [0.4, 0.5) is 11.5 Å². The van der Waals surface area contributed by atoms with Gasteiger partial charge in [0.15, 0.2) is 0 Å². The summed E-state index contributed by atoms with van der Waals surface area (Å²) in [5, 5.41) is 3.77. The van der Waals surface area contributed by atoms with E-state index in [4.69, 9.17) is 0 Å². The number of amides is 1. The van der Waals surface area contributed by atoms with Gasteiger partial charge in [-0.25, -0.2) is 19.9 Å². The van der Waals surface area contributed by atoms with E-state index < -0.39 is 0 Å². The Morgan fingerprint density at radius 3 is 2.74 bits per heavy atom. The molecule has 10 nitrogen and oxygen atoms in total. The van der Waals surface area contributed by atoms with E-state index in [1.54, 1.807) is 24.8 Å². The van der Waals surface area contributed by atoms with E-state index in [1.165, 1.54) is 0 Å². The van der Waals surface area contributed by atoms with Gasteiger partial charge in [0.05, 0.1) is 17.4 Å². The van der Waals surface area contributed by atoms with E-state index in [9.17, 15) is 4.79 Å². The number of nitrogens with zero attached hydrogens (tertiary/aromatic N) is 7. The van der Waals surface area contributed by atoms with Gasteiger partial charge in [-0.1, -0.05) is 0 Å². The molecule has 0 saturated carbocycles. The zero-order valence-electron chi connectivity index (χ0n) is 18.6. The zero-order valence-corrected chi connectivity index (χ0v) is 18.6. The third kappa shape index (κ3) is 3.73. The topological polar surface area (TPSA) is 107 Å². The number of rotatable bonds is 4. The molecule has 1 fully saturated rings. The monoisotopic (exact) mass is 453 g/mol. The van der Waals surface area contributed by atoms with Crippen LogP contribution in [0.15, 0.2) is 61.6 Å². The van der Waals surface area contributed by atoms with E-state index >= 15 is 0 Å². The predicted molar refractivity (Wildman–Crippen MR) is 130 cm³/mol. The van der Waals surface area contributed by atoms with Crippen LogP contribution in [-0.4, -0.2) is 73.4 Å². The summed E-state index contributed by atoms with van der Waals surface area (Å²) < 4.78 is 1.86. The summed E-state index contributed by atoms with van der Waals surface area (Å²) in [5.41, 5.74) is 3.63. The fraction of sp³-hybridized carbons (Fsp3) is 0.208. The lowest BCUT2D eigenvalue weighted by Crippen LogP contribution is -2.44. The number of H-pyrrole nitrogens is 1. The molecule has 0 spiro atoms. The maximum absolute atomic E-state index is 13.0. The molecular weight excluding hydrogens is 430 g/mol. The summed E-state index contributed by atoms with van der Waals surface area (Å²) in [6, 6.07) is 5.68. The Hall–Kier alpha value is -4.31. The number of piperazine rings is 1. The smallest absolute Gasteiger partial charge is 0.257 e. The predicted octanol–water partition coefficient (Wildman–Crippen LogP) is 2.67. The summed E-state index contributed by atoms with van der Waals surface area (Å²) in [6.45, 7) is 3.93. The van der Waals surface area contributed by atoms with Crippen LogP contribution in [0, 0.1) is 0 Å².